The highest BCUT2D eigenvalue weighted by molar-refractivity contribution is 14.1. The molecular weight excluding hydrogens is 328 g/mol. The molecule has 0 atom stereocenters. The van der Waals surface area contributed by atoms with Gasteiger partial charge in [-0.2, -0.15) is 0 Å². The SMILES string of the molecule is NC(=O)c1cc(I)c(C(F)F)c(Cl)n1. The van der Waals surface area contributed by atoms with Gasteiger partial charge in [-0.05, 0) is 28.7 Å². The molecule has 2 N–H and O–H groups in total. The summed E-state index contributed by atoms with van der Waals surface area (Å²) in [6, 6.07) is 1.18. The van der Waals surface area contributed by atoms with E-state index >= 15 is 0 Å². The molecule has 0 saturated carbocycles. The van der Waals surface area contributed by atoms with Gasteiger partial charge >= 0.3 is 0 Å². The zero-order valence-electron chi connectivity index (χ0n) is 6.60. The van der Waals surface area contributed by atoms with Gasteiger partial charge < -0.3 is 5.73 Å². The summed E-state index contributed by atoms with van der Waals surface area (Å²) < 4.78 is 24.9. The van der Waals surface area contributed by atoms with E-state index in [4.69, 9.17) is 17.3 Å². The molecule has 0 saturated heterocycles. The van der Waals surface area contributed by atoms with Crippen LogP contribution in [0.2, 0.25) is 5.15 Å². The molecule has 0 aromatic carbocycles. The first-order valence-corrected chi connectivity index (χ1v) is 4.83. The van der Waals surface area contributed by atoms with Gasteiger partial charge in [0.2, 0.25) is 0 Å². The molecular formula is C7H4ClF2IN2O. The van der Waals surface area contributed by atoms with Gasteiger partial charge in [-0.3, -0.25) is 4.79 Å². The van der Waals surface area contributed by atoms with Gasteiger partial charge in [0.25, 0.3) is 12.3 Å². The summed E-state index contributed by atoms with van der Waals surface area (Å²) in [5, 5.41) is -0.388. The van der Waals surface area contributed by atoms with E-state index < -0.39 is 12.3 Å². The minimum Gasteiger partial charge on any atom is -0.364 e. The predicted octanol–water partition coefficient (Wildman–Crippen LogP) is 2.38. The number of aromatic nitrogens is 1. The Labute approximate surface area is 96.8 Å². The van der Waals surface area contributed by atoms with Crippen LogP contribution >= 0.6 is 34.2 Å². The first-order chi connectivity index (χ1) is 6.43. The van der Waals surface area contributed by atoms with Gasteiger partial charge in [0.05, 0.1) is 5.56 Å². The van der Waals surface area contributed by atoms with Crippen LogP contribution in [0.4, 0.5) is 8.78 Å². The van der Waals surface area contributed by atoms with Gasteiger partial charge in [0, 0.05) is 3.57 Å². The van der Waals surface area contributed by atoms with Gasteiger partial charge in [0.1, 0.15) is 10.8 Å². The first-order valence-electron chi connectivity index (χ1n) is 3.37. The first kappa shape index (κ1) is 11.6. The lowest BCUT2D eigenvalue weighted by Gasteiger charge is -2.06. The molecule has 7 heteroatoms. The number of rotatable bonds is 2. The van der Waals surface area contributed by atoms with Crippen molar-refractivity contribution in [2.24, 2.45) is 5.73 Å². The van der Waals surface area contributed by atoms with Crippen molar-refractivity contribution in [3.63, 3.8) is 0 Å². The van der Waals surface area contributed by atoms with Gasteiger partial charge in [0.15, 0.2) is 0 Å². The summed E-state index contributed by atoms with van der Waals surface area (Å²) in [4.78, 5) is 14.2. The second kappa shape index (κ2) is 4.35. The molecule has 1 aromatic rings. The summed E-state index contributed by atoms with van der Waals surface area (Å²) in [5.41, 5.74) is 4.43. The number of carbonyl (C=O) groups is 1. The Kier molecular flexibility index (Phi) is 3.59. The number of amides is 1. The third-order valence-electron chi connectivity index (χ3n) is 1.43. The van der Waals surface area contributed by atoms with Crippen LogP contribution in [0.25, 0.3) is 0 Å². The molecule has 0 radical (unpaired) electrons. The van der Waals surface area contributed by atoms with E-state index in [-0.39, 0.29) is 20.0 Å². The van der Waals surface area contributed by atoms with Crippen molar-refractivity contribution < 1.29 is 13.6 Å². The van der Waals surface area contributed by atoms with Crippen molar-refractivity contribution in [3.05, 3.63) is 26.0 Å². The number of primary amides is 1. The molecule has 0 spiro atoms. The molecule has 14 heavy (non-hydrogen) atoms. The van der Waals surface area contributed by atoms with Crippen LogP contribution in [0.5, 0.6) is 0 Å². The molecule has 1 heterocycles. The van der Waals surface area contributed by atoms with E-state index in [1.165, 1.54) is 6.07 Å². The maximum absolute atomic E-state index is 12.4. The number of halogens is 4. The normalized spacial score (nSPS) is 10.6. The van der Waals surface area contributed by atoms with E-state index in [0.29, 0.717) is 0 Å². The van der Waals surface area contributed by atoms with Gasteiger partial charge in [-0.1, -0.05) is 11.6 Å². The van der Waals surface area contributed by atoms with Crippen LogP contribution in [-0.4, -0.2) is 10.9 Å². The molecule has 0 aliphatic carbocycles. The monoisotopic (exact) mass is 332 g/mol. The van der Waals surface area contributed by atoms with Crippen molar-refractivity contribution >= 4 is 40.1 Å². The fourth-order valence-electron chi connectivity index (χ4n) is 0.815. The van der Waals surface area contributed by atoms with Crippen LogP contribution < -0.4 is 5.73 Å². The Morgan fingerprint density at radius 1 is 1.64 bits per heavy atom. The lowest BCUT2D eigenvalue weighted by Crippen LogP contribution is -2.14. The number of hydrogen-bond donors (Lipinski definition) is 1. The fraction of sp³-hybridized carbons (Fsp3) is 0.143. The highest BCUT2D eigenvalue weighted by Gasteiger charge is 2.19. The van der Waals surface area contributed by atoms with Crippen LogP contribution in [0, 0.1) is 3.57 Å². The van der Waals surface area contributed by atoms with E-state index in [1.807, 2.05) is 0 Å². The fourth-order valence-corrected chi connectivity index (χ4v) is 2.04. The summed E-state index contributed by atoms with van der Waals surface area (Å²) in [6.45, 7) is 0. The number of carbonyl (C=O) groups excluding carboxylic acids is 1. The van der Waals surface area contributed by atoms with E-state index in [2.05, 4.69) is 4.98 Å². The average Bonchev–Trinajstić information content (AvgIpc) is 2.01. The van der Waals surface area contributed by atoms with Gasteiger partial charge in [-0.15, -0.1) is 0 Å². The lowest BCUT2D eigenvalue weighted by atomic mass is 10.2. The third kappa shape index (κ3) is 2.30. The average molecular weight is 332 g/mol. The summed E-state index contributed by atoms with van der Waals surface area (Å²) in [6.07, 6.45) is -2.72. The Morgan fingerprint density at radius 3 is 2.57 bits per heavy atom. The molecule has 0 bridgehead atoms. The van der Waals surface area contributed by atoms with Crippen molar-refractivity contribution in [1.82, 2.24) is 4.98 Å². The summed E-state index contributed by atoms with van der Waals surface area (Å²) in [5.74, 6) is -0.800. The molecule has 3 nitrogen and oxygen atoms in total. The lowest BCUT2D eigenvalue weighted by molar-refractivity contribution is 0.0994. The number of hydrogen-bond acceptors (Lipinski definition) is 2. The number of alkyl halides is 2. The molecule has 0 fully saturated rings. The molecule has 1 rings (SSSR count). The molecule has 1 amide bonds. The Bertz CT molecular complexity index is 363. The molecule has 0 aliphatic heterocycles. The van der Waals surface area contributed by atoms with Crippen LogP contribution in [0.1, 0.15) is 22.5 Å². The number of pyridine rings is 1. The summed E-state index contributed by atoms with van der Waals surface area (Å²) in [7, 11) is 0. The quantitative estimate of drug-likeness (QED) is 0.668. The molecule has 1 aromatic heterocycles. The highest BCUT2D eigenvalue weighted by atomic mass is 127. The zero-order valence-corrected chi connectivity index (χ0v) is 9.51. The van der Waals surface area contributed by atoms with Crippen LogP contribution in [0.15, 0.2) is 6.07 Å². The minimum absolute atomic E-state index is 0.121. The Hall–Kier alpha value is -0.500. The smallest absolute Gasteiger partial charge is 0.267 e. The Balaban J connectivity index is 3.32. The minimum atomic E-state index is -2.72. The second-order valence-electron chi connectivity index (χ2n) is 2.36. The van der Waals surface area contributed by atoms with Crippen LogP contribution in [-0.2, 0) is 0 Å². The standard InChI is InChI=1S/C7H4ClF2IN2O/c8-5-4(6(9)10)2(11)1-3(13-5)7(12)14/h1,6H,(H2,12,14). The summed E-state index contributed by atoms with van der Waals surface area (Å²) >= 11 is 7.12. The highest BCUT2D eigenvalue weighted by Crippen LogP contribution is 2.30. The largest absolute Gasteiger partial charge is 0.364 e. The maximum Gasteiger partial charge on any atom is 0.267 e. The third-order valence-corrected chi connectivity index (χ3v) is 2.61. The topological polar surface area (TPSA) is 56.0 Å². The zero-order chi connectivity index (χ0) is 10.9. The molecule has 0 aliphatic rings. The van der Waals surface area contributed by atoms with E-state index in [9.17, 15) is 13.6 Å². The molecule has 0 unspecified atom stereocenters. The number of nitrogens with two attached hydrogens (primary N) is 1. The van der Waals surface area contributed by atoms with Crippen molar-refractivity contribution in [3.8, 4) is 0 Å². The predicted molar refractivity (Wildman–Crippen MR) is 55.4 cm³/mol. The van der Waals surface area contributed by atoms with Crippen molar-refractivity contribution in [2.45, 2.75) is 6.43 Å². The van der Waals surface area contributed by atoms with E-state index in [0.717, 1.165) is 0 Å². The van der Waals surface area contributed by atoms with Crippen molar-refractivity contribution in [1.29, 1.82) is 0 Å². The maximum atomic E-state index is 12.4. The van der Waals surface area contributed by atoms with Gasteiger partial charge in [-0.25, -0.2) is 13.8 Å². The molecule has 76 valence electrons. The van der Waals surface area contributed by atoms with E-state index in [1.54, 1.807) is 22.6 Å². The van der Waals surface area contributed by atoms with Crippen molar-refractivity contribution in [2.75, 3.05) is 0 Å². The van der Waals surface area contributed by atoms with Crippen LogP contribution in [0.3, 0.4) is 0 Å². The number of nitrogens with zero attached hydrogens (tertiary/aromatic N) is 1. The second-order valence-corrected chi connectivity index (χ2v) is 3.88. The Morgan fingerprint density at radius 2 is 2.21 bits per heavy atom.